The smallest absolute Gasteiger partial charge is 0.328 e. The fourth-order valence-electron chi connectivity index (χ4n) is 2.86. The molecule has 0 aliphatic heterocycles. The lowest BCUT2D eigenvalue weighted by Crippen LogP contribution is -2.49. The van der Waals surface area contributed by atoms with Gasteiger partial charge in [-0.2, -0.15) is 0 Å². The number of ether oxygens (including phenoxy) is 1. The van der Waals surface area contributed by atoms with E-state index in [1.807, 2.05) is 0 Å². The van der Waals surface area contributed by atoms with E-state index in [1.54, 1.807) is 30.3 Å². The van der Waals surface area contributed by atoms with Gasteiger partial charge in [-0.3, -0.25) is 9.59 Å². The van der Waals surface area contributed by atoms with Gasteiger partial charge in [0.05, 0.1) is 7.11 Å². The molecule has 1 aliphatic rings. The van der Waals surface area contributed by atoms with Gasteiger partial charge in [0.1, 0.15) is 11.8 Å². The number of amides is 1. The van der Waals surface area contributed by atoms with Gasteiger partial charge in [-0.15, -0.1) is 0 Å². The minimum absolute atomic E-state index is 0.0769. The predicted molar refractivity (Wildman–Crippen MR) is 82.3 cm³/mol. The summed E-state index contributed by atoms with van der Waals surface area (Å²) in [6.07, 6.45) is 0.719. The summed E-state index contributed by atoms with van der Waals surface area (Å²) >= 11 is 0. The van der Waals surface area contributed by atoms with Crippen molar-refractivity contribution in [2.75, 3.05) is 7.11 Å². The molecular formula is C17H21NO5. The molecule has 0 saturated heterocycles. The SMILES string of the molecule is COC(=O)[C@H](NC(=O)[C@@H](O)c1ccccc1)[C@@H]1CCCC(=O)C1. The molecule has 1 fully saturated rings. The molecule has 124 valence electrons. The molecule has 0 bridgehead atoms. The highest BCUT2D eigenvalue weighted by Gasteiger charge is 2.35. The van der Waals surface area contributed by atoms with Gasteiger partial charge in [-0.05, 0) is 24.3 Å². The molecule has 6 nitrogen and oxygen atoms in total. The maximum atomic E-state index is 12.2. The summed E-state index contributed by atoms with van der Waals surface area (Å²) in [6, 6.07) is 7.53. The van der Waals surface area contributed by atoms with Crippen molar-refractivity contribution in [3.63, 3.8) is 0 Å². The average molecular weight is 319 g/mol. The van der Waals surface area contributed by atoms with Crippen LogP contribution in [-0.2, 0) is 19.1 Å². The minimum atomic E-state index is -1.37. The average Bonchev–Trinajstić information content (AvgIpc) is 2.58. The predicted octanol–water partition coefficient (Wildman–Crippen LogP) is 1.14. The van der Waals surface area contributed by atoms with Crippen molar-refractivity contribution in [2.45, 2.75) is 37.8 Å². The van der Waals surface area contributed by atoms with Gasteiger partial charge in [0.25, 0.3) is 5.91 Å². The third kappa shape index (κ3) is 4.39. The van der Waals surface area contributed by atoms with Crippen LogP contribution in [-0.4, -0.2) is 35.9 Å². The van der Waals surface area contributed by atoms with Gasteiger partial charge in [-0.25, -0.2) is 4.79 Å². The Morgan fingerprint density at radius 2 is 2.00 bits per heavy atom. The quantitative estimate of drug-likeness (QED) is 0.794. The number of hydrogen-bond acceptors (Lipinski definition) is 5. The Hall–Kier alpha value is -2.21. The Morgan fingerprint density at radius 1 is 1.30 bits per heavy atom. The maximum Gasteiger partial charge on any atom is 0.328 e. The van der Waals surface area contributed by atoms with Crippen LogP contribution in [0.4, 0.5) is 0 Å². The monoisotopic (exact) mass is 319 g/mol. The van der Waals surface area contributed by atoms with Crippen molar-refractivity contribution in [3.8, 4) is 0 Å². The lowest BCUT2D eigenvalue weighted by atomic mass is 9.83. The van der Waals surface area contributed by atoms with Crippen molar-refractivity contribution in [2.24, 2.45) is 5.92 Å². The first-order valence-electron chi connectivity index (χ1n) is 7.66. The van der Waals surface area contributed by atoms with Gasteiger partial charge >= 0.3 is 5.97 Å². The van der Waals surface area contributed by atoms with E-state index >= 15 is 0 Å². The lowest BCUT2D eigenvalue weighted by molar-refractivity contribution is -0.148. The zero-order valence-corrected chi connectivity index (χ0v) is 13.0. The van der Waals surface area contributed by atoms with Crippen molar-refractivity contribution < 1.29 is 24.2 Å². The summed E-state index contributed by atoms with van der Waals surface area (Å²) < 4.78 is 4.74. The summed E-state index contributed by atoms with van der Waals surface area (Å²) in [5.74, 6) is -1.49. The zero-order chi connectivity index (χ0) is 16.8. The first kappa shape index (κ1) is 17.1. The molecule has 23 heavy (non-hydrogen) atoms. The Bertz CT molecular complexity index is 572. The number of methoxy groups -OCH3 is 1. The van der Waals surface area contributed by atoms with Gasteiger partial charge < -0.3 is 15.2 Å². The van der Waals surface area contributed by atoms with Gasteiger partial charge in [0.15, 0.2) is 6.10 Å². The van der Waals surface area contributed by atoms with Crippen molar-refractivity contribution in [1.82, 2.24) is 5.32 Å². The molecule has 1 saturated carbocycles. The summed E-state index contributed by atoms with van der Waals surface area (Å²) in [5, 5.41) is 12.7. The van der Waals surface area contributed by atoms with Crippen molar-refractivity contribution >= 4 is 17.7 Å². The molecule has 0 radical (unpaired) electrons. The minimum Gasteiger partial charge on any atom is -0.467 e. The molecule has 0 aromatic heterocycles. The number of esters is 1. The fraction of sp³-hybridized carbons (Fsp3) is 0.471. The summed E-state index contributed by atoms with van der Waals surface area (Å²) in [6.45, 7) is 0. The van der Waals surface area contributed by atoms with Crippen LogP contribution >= 0.6 is 0 Å². The lowest BCUT2D eigenvalue weighted by Gasteiger charge is -2.29. The molecule has 0 heterocycles. The van der Waals surface area contributed by atoms with Gasteiger partial charge in [0.2, 0.25) is 0 Å². The highest BCUT2D eigenvalue weighted by atomic mass is 16.5. The molecule has 1 aromatic rings. The molecule has 6 heteroatoms. The van der Waals surface area contributed by atoms with Crippen LogP contribution in [0.2, 0.25) is 0 Å². The second kappa shape index (κ2) is 7.87. The van der Waals surface area contributed by atoms with E-state index in [0.717, 1.165) is 0 Å². The molecule has 2 N–H and O–H groups in total. The number of hydrogen-bond donors (Lipinski definition) is 2. The first-order valence-corrected chi connectivity index (χ1v) is 7.66. The van der Waals surface area contributed by atoms with Crippen LogP contribution in [0.5, 0.6) is 0 Å². The number of ketones is 1. The molecule has 3 atom stereocenters. The summed E-state index contributed by atoms with van der Waals surface area (Å²) in [4.78, 5) is 35.8. The van der Waals surface area contributed by atoms with Crippen LogP contribution in [0, 0.1) is 5.92 Å². The normalized spacial score (nSPS) is 20.4. The van der Waals surface area contributed by atoms with E-state index in [9.17, 15) is 19.5 Å². The Kier molecular flexibility index (Phi) is 5.87. The van der Waals surface area contributed by atoms with Crippen LogP contribution in [0.3, 0.4) is 0 Å². The summed E-state index contributed by atoms with van der Waals surface area (Å²) in [5.41, 5.74) is 0.438. The number of nitrogens with one attached hydrogen (secondary N) is 1. The van der Waals surface area contributed by atoms with Crippen LogP contribution < -0.4 is 5.32 Å². The third-order valence-corrected chi connectivity index (χ3v) is 4.11. The maximum absolute atomic E-state index is 12.2. The van der Waals surface area contributed by atoms with Crippen molar-refractivity contribution in [3.05, 3.63) is 35.9 Å². The van der Waals surface area contributed by atoms with E-state index in [4.69, 9.17) is 4.74 Å². The molecule has 1 amide bonds. The number of Topliss-reactive ketones (excluding diaryl/α,β-unsaturated/α-hetero) is 1. The number of benzene rings is 1. The first-order chi connectivity index (χ1) is 11.0. The molecule has 2 rings (SSSR count). The van der Waals surface area contributed by atoms with Crippen LogP contribution in [0.15, 0.2) is 30.3 Å². The topological polar surface area (TPSA) is 92.7 Å². The largest absolute Gasteiger partial charge is 0.467 e. The van der Waals surface area contributed by atoms with E-state index in [2.05, 4.69) is 5.32 Å². The van der Waals surface area contributed by atoms with Crippen LogP contribution in [0.1, 0.15) is 37.4 Å². The Labute approximate surface area is 134 Å². The highest BCUT2D eigenvalue weighted by molar-refractivity contribution is 5.88. The Morgan fingerprint density at radius 3 is 2.61 bits per heavy atom. The van der Waals surface area contributed by atoms with Crippen LogP contribution in [0.25, 0.3) is 0 Å². The third-order valence-electron chi connectivity index (χ3n) is 4.11. The number of aliphatic hydroxyl groups excluding tert-OH is 1. The van der Waals surface area contributed by atoms with E-state index in [0.29, 0.717) is 24.8 Å². The zero-order valence-electron chi connectivity index (χ0n) is 13.0. The fourth-order valence-corrected chi connectivity index (χ4v) is 2.86. The second-order valence-electron chi connectivity index (χ2n) is 5.72. The second-order valence-corrected chi connectivity index (χ2v) is 5.72. The number of rotatable bonds is 5. The van der Waals surface area contributed by atoms with Crippen molar-refractivity contribution in [1.29, 1.82) is 0 Å². The standard InChI is InChI=1S/C17H21NO5/c1-23-17(22)14(12-8-5-9-13(19)10-12)18-16(21)15(20)11-6-3-2-4-7-11/h2-4,6-7,12,14-15,20H,5,8-10H2,1H3,(H,18,21)/t12-,14-,15+/m1/s1. The number of carbonyl (C=O) groups is 3. The highest BCUT2D eigenvalue weighted by Crippen LogP contribution is 2.25. The van der Waals surface area contributed by atoms with Gasteiger partial charge in [-0.1, -0.05) is 30.3 Å². The Balaban J connectivity index is 2.09. The molecule has 1 aliphatic carbocycles. The molecule has 0 unspecified atom stereocenters. The van der Waals surface area contributed by atoms with Gasteiger partial charge in [0, 0.05) is 12.8 Å². The van der Waals surface area contributed by atoms with E-state index < -0.39 is 24.0 Å². The molecular weight excluding hydrogens is 298 g/mol. The number of aliphatic hydroxyl groups is 1. The van der Waals surface area contributed by atoms with E-state index in [1.165, 1.54) is 7.11 Å². The molecule has 0 spiro atoms. The van der Waals surface area contributed by atoms with E-state index in [-0.39, 0.29) is 18.1 Å². The molecule has 1 aromatic carbocycles. The number of carbonyl (C=O) groups excluding carboxylic acids is 3. The summed E-state index contributed by atoms with van der Waals surface area (Å²) in [7, 11) is 1.24.